The van der Waals surface area contributed by atoms with E-state index in [1.807, 2.05) is 4.57 Å². The molecule has 7 nitrogen and oxygen atoms in total. The van der Waals surface area contributed by atoms with Crippen molar-refractivity contribution in [2.75, 3.05) is 0 Å². The van der Waals surface area contributed by atoms with Gasteiger partial charge < -0.3 is 19.2 Å². The summed E-state index contributed by atoms with van der Waals surface area (Å²) in [6.07, 6.45) is 1.26. The summed E-state index contributed by atoms with van der Waals surface area (Å²) in [6.45, 7) is 1.77. The van der Waals surface area contributed by atoms with Gasteiger partial charge in [0.05, 0.1) is 34.8 Å². The maximum atomic E-state index is 13.6. The van der Waals surface area contributed by atoms with Gasteiger partial charge in [-0.05, 0) is 38.0 Å². The molecular weight excluding hydrogens is 370 g/mol. The van der Waals surface area contributed by atoms with Crippen molar-refractivity contribution in [2.45, 2.75) is 37.8 Å². The Morgan fingerprint density at radius 3 is 2.79 bits per heavy atom. The van der Waals surface area contributed by atoms with Gasteiger partial charge in [-0.25, -0.2) is 13.8 Å². The number of phenolic OH excluding ortho intramolecular Hbond substituents is 1. The highest BCUT2D eigenvalue weighted by Crippen LogP contribution is 2.44. The van der Waals surface area contributed by atoms with Crippen molar-refractivity contribution in [3.63, 3.8) is 0 Å². The number of rotatable bonds is 3. The maximum Gasteiger partial charge on any atom is 0.264 e. The molecule has 1 aliphatic carbocycles. The van der Waals surface area contributed by atoms with Crippen molar-refractivity contribution < 1.29 is 23.4 Å². The van der Waals surface area contributed by atoms with Gasteiger partial charge >= 0.3 is 0 Å². The molecule has 1 aromatic carbocycles. The number of imidazole rings is 1. The second kappa shape index (κ2) is 5.71. The molecule has 1 aliphatic rings. The number of benzene rings is 1. The Kier molecular flexibility index (Phi) is 3.48. The third kappa shape index (κ3) is 2.46. The van der Waals surface area contributed by atoms with Crippen LogP contribution in [0.25, 0.3) is 33.4 Å². The number of fused-ring (bicyclic) bond motifs is 2. The molecule has 4 aromatic rings. The van der Waals surface area contributed by atoms with Crippen LogP contribution in [0.1, 0.15) is 37.8 Å². The van der Waals surface area contributed by atoms with Gasteiger partial charge in [-0.2, -0.15) is 0 Å². The summed E-state index contributed by atoms with van der Waals surface area (Å²) >= 11 is 0. The van der Waals surface area contributed by atoms with E-state index < -0.39 is 12.0 Å². The van der Waals surface area contributed by atoms with Gasteiger partial charge in [0.25, 0.3) is 6.43 Å². The molecule has 28 heavy (non-hydrogen) atoms. The van der Waals surface area contributed by atoms with E-state index in [-0.39, 0.29) is 34.2 Å². The van der Waals surface area contributed by atoms with Crippen LogP contribution in [0, 0.1) is 0 Å². The van der Waals surface area contributed by atoms with Crippen LogP contribution in [-0.4, -0.2) is 35.6 Å². The third-order valence-corrected chi connectivity index (χ3v) is 5.32. The number of alkyl halides is 2. The summed E-state index contributed by atoms with van der Waals surface area (Å²) in [5.41, 5.74) is 0.0888. The lowest BCUT2D eigenvalue weighted by molar-refractivity contribution is -0.0499. The van der Waals surface area contributed by atoms with Crippen LogP contribution in [0.2, 0.25) is 0 Å². The standard InChI is InChI=1S/C19H16F2N4O3/c1-19(27)6-9(7-19)25-8-22-13-5-12(23-24-18(13)25)15-11(17(20)21)4-14-10(16(15)26)2-3-28-14/h2-5,8-9,17,26-27H,6-7H2,1H3. The van der Waals surface area contributed by atoms with Crippen LogP contribution in [0.5, 0.6) is 5.75 Å². The summed E-state index contributed by atoms with van der Waals surface area (Å²) in [5.74, 6) is -0.329. The molecule has 1 saturated carbocycles. The predicted octanol–water partition coefficient (Wildman–Crippen LogP) is 3.97. The van der Waals surface area contributed by atoms with Crippen molar-refractivity contribution in [3.05, 3.63) is 36.4 Å². The molecule has 0 bridgehead atoms. The number of hydrogen-bond donors (Lipinski definition) is 2. The normalized spacial score (nSPS) is 22.2. The second-order valence-corrected chi connectivity index (χ2v) is 7.47. The number of aromatic hydroxyl groups is 1. The first-order chi connectivity index (χ1) is 13.3. The molecule has 0 atom stereocenters. The second-order valence-electron chi connectivity index (χ2n) is 7.47. The van der Waals surface area contributed by atoms with E-state index >= 15 is 0 Å². The van der Waals surface area contributed by atoms with Crippen LogP contribution in [0.3, 0.4) is 0 Å². The summed E-state index contributed by atoms with van der Waals surface area (Å²) in [7, 11) is 0. The quantitative estimate of drug-likeness (QED) is 0.553. The Bertz CT molecular complexity index is 1210. The lowest BCUT2D eigenvalue weighted by atomic mass is 9.77. The lowest BCUT2D eigenvalue weighted by Crippen LogP contribution is -2.41. The Hall–Kier alpha value is -3.07. The fourth-order valence-corrected chi connectivity index (χ4v) is 3.93. The zero-order valence-corrected chi connectivity index (χ0v) is 14.8. The smallest absolute Gasteiger partial charge is 0.264 e. The van der Waals surface area contributed by atoms with Crippen LogP contribution in [-0.2, 0) is 0 Å². The van der Waals surface area contributed by atoms with E-state index in [9.17, 15) is 19.0 Å². The highest BCUT2D eigenvalue weighted by molar-refractivity contribution is 5.94. The Balaban J connectivity index is 1.64. The number of hydrogen-bond acceptors (Lipinski definition) is 6. The van der Waals surface area contributed by atoms with Crippen LogP contribution in [0.15, 0.2) is 35.2 Å². The summed E-state index contributed by atoms with van der Waals surface area (Å²) in [5, 5.41) is 29.1. The zero-order chi connectivity index (χ0) is 19.6. The number of furan rings is 1. The van der Waals surface area contributed by atoms with Crippen molar-refractivity contribution >= 4 is 22.1 Å². The monoisotopic (exact) mass is 386 g/mol. The van der Waals surface area contributed by atoms with Crippen LogP contribution < -0.4 is 0 Å². The van der Waals surface area contributed by atoms with E-state index in [2.05, 4.69) is 15.2 Å². The lowest BCUT2D eigenvalue weighted by Gasteiger charge is -2.41. The molecular formula is C19H16F2N4O3. The molecule has 0 aliphatic heterocycles. The van der Waals surface area contributed by atoms with Crippen molar-refractivity contribution in [2.24, 2.45) is 0 Å². The minimum atomic E-state index is -2.83. The minimum absolute atomic E-state index is 0.0625. The van der Waals surface area contributed by atoms with Gasteiger partial charge in [0.1, 0.15) is 16.8 Å². The number of aliphatic hydroxyl groups is 1. The average molecular weight is 386 g/mol. The third-order valence-electron chi connectivity index (χ3n) is 5.32. The number of aromatic nitrogens is 4. The molecule has 9 heteroatoms. The van der Waals surface area contributed by atoms with Crippen molar-refractivity contribution in [1.82, 2.24) is 19.7 Å². The molecule has 3 aromatic heterocycles. The maximum absolute atomic E-state index is 13.6. The van der Waals surface area contributed by atoms with Crippen molar-refractivity contribution in [1.29, 1.82) is 0 Å². The molecule has 5 rings (SSSR count). The first kappa shape index (κ1) is 17.1. The predicted molar refractivity (Wildman–Crippen MR) is 96.0 cm³/mol. The van der Waals surface area contributed by atoms with Gasteiger partial charge in [-0.3, -0.25) is 0 Å². The molecule has 2 N–H and O–H groups in total. The number of halogens is 2. The molecule has 0 spiro atoms. The SMILES string of the molecule is CC1(O)CC(n2cnc3cc(-c4c(C(F)F)cc5occc5c4O)nnc32)C1. The molecule has 0 unspecified atom stereocenters. The minimum Gasteiger partial charge on any atom is -0.506 e. The Morgan fingerprint density at radius 2 is 2.07 bits per heavy atom. The summed E-state index contributed by atoms with van der Waals surface area (Å²) in [4.78, 5) is 4.30. The number of nitrogens with zero attached hydrogens (tertiary/aromatic N) is 4. The molecule has 0 radical (unpaired) electrons. The van der Waals surface area contributed by atoms with E-state index in [1.165, 1.54) is 24.5 Å². The van der Waals surface area contributed by atoms with Gasteiger partial charge in [0.15, 0.2) is 5.65 Å². The topological polar surface area (TPSA) is 97.2 Å². The zero-order valence-electron chi connectivity index (χ0n) is 14.8. The molecule has 0 amide bonds. The fourth-order valence-electron chi connectivity index (χ4n) is 3.93. The summed E-state index contributed by atoms with van der Waals surface area (Å²) < 4.78 is 34.2. The van der Waals surface area contributed by atoms with Gasteiger partial charge in [-0.15, -0.1) is 10.2 Å². The Morgan fingerprint density at radius 1 is 1.29 bits per heavy atom. The molecule has 1 fully saturated rings. The van der Waals surface area contributed by atoms with E-state index in [0.29, 0.717) is 29.4 Å². The van der Waals surface area contributed by atoms with Crippen molar-refractivity contribution in [3.8, 4) is 17.0 Å². The average Bonchev–Trinajstić information content (AvgIpc) is 3.25. The molecule has 3 heterocycles. The highest BCUT2D eigenvalue weighted by Gasteiger charge is 2.40. The highest BCUT2D eigenvalue weighted by atomic mass is 19.3. The van der Waals surface area contributed by atoms with Crippen LogP contribution in [0.4, 0.5) is 8.78 Å². The largest absolute Gasteiger partial charge is 0.506 e. The summed E-state index contributed by atoms with van der Waals surface area (Å²) in [6, 6.07) is 4.30. The van der Waals surface area contributed by atoms with E-state index in [0.717, 1.165) is 0 Å². The first-order valence-electron chi connectivity index (χ1n) is 8.78. The van der Waals surface area contributed by atoms with Gasteiger partial charge in [0.2, 0.25) is 0 Å². The first-order valence-corrected chi connectivity index (χ1v) is 8.78. The van der Waals surface area contributed by atoms with E-state index in [1.54, 1.807) is 13.3 Å². The number of phenols is 1. The molecule has 0 saturated heterocycles. The Labute approximate surface area is 157 Å². The molecule has 144 valence electrons. The van der Waals surface area contributed by atoms with Crippen LogP contribution >= 0.6 is 0 Å². The van der Waals surface area contributed by atoms with Gasteiger partial charge in [-0.1, -0.05) is 0 Å². The van der Waals surface area contributed by atoms with Gasteiger partial charge in [0, 0.05) is 11.6 Å². The van der Waals surface area contributed by atoms with E-state index in [4.69, 9.17) is 4.42 Å². The fraction of sp³-hybridized carbons (Fsp3) is 0.316.